The Bertz CT molecular complexity index is 664. The minimum atomic E-state index is -0.306. The number of hydrogen-bond acceptors (Lipinski definition) is 3. The summed E-state index contributed by atoms with van der Waals surface area (Å²) < 4.78 is 0.789. The lowest BCUT2D eigenvalue weighted by Crippen LogP contribution is -2.34. The molecule has 3 N–H and O–H groups in total. The number of nitrogens with two attached hydrogens (primary N) is 1. The van der Waals surface area contributed by atoms with Gasteiger partial charge in [0.1, 0.15) is 0 Å². The SMILES string of the molecule is Nc1ccccc1N(CCO)C(=O)c1ccc(Br)cc1Cl. The van der Waals surface area contributed by atoms with Crippen molar-refractivity contribution in [1.82, 2.24) is 0 Å². The van der Waals surface area contributed by atoms with Gasteiger partial charge in [-0.25, -0.2) is 0 Å². The molecule has 0 aliphatic heterocycles. The molecule has 2 rings (SSSR count). The van der Waals surface area contributed by atoms with Crippen LogP contribution in [0.1, 0.15) is 10.4 Å². The zero-order chi connectivity index (χ0) is 15.4. The number of anilines is 2. The molecule has 4 nitrogen and oxygen atoms in total. The smallest absolute Gasteiger partial charge is 0.259 e. The Hall–Kier alpha value is -1.56. The number of carbonyl (C=O) groups excluding carboxylic acids is 1. The minimum Gasteiger partial charge on any atom is -0.397 e. The number of hydrogen-bond donors (Lipinski definition) is 2. The molecule has 0 aromatic heterocycles. The first-order chi connectivity index (χ1) is 10.0. The molecule has 0 bridgehead atoms. The number of nitrogen functional groups attached to an aromatic ring is 1. The van der Waals surface area contributed by atoms with E-state index in [2.05, 4.69) is 15.9 Å². The maximum absolute atomic E-state index is 12.7. The maximum atomic E-state index is 12.7. The summed E-state index contributed by atoms with van der Waals surface area (Å²) in [5.41, 5.74) is 7.29. The van der Waals surface area contributed by atoms with Crippen LogP contribution >= 0.6 is 27.5 Å². The zero-order valence-electron chi connectivity index (χ0n) is 11.1. The normalized spacial score (nSPS) is 10.4. The molecular weight excluding hydrogens is 356 g/mol. The first-order valence-corrected chi connectivity index (χ1v) is 7.44. The van der Waals surface area contributed by atoms with E-state index in [4.69, 9.17) is 17.3 Å². The van der Waals surface area contributed by atoms with Crippen LogP contribution < -0.4 is 10.6 Å². The lowest BCUT2D eigenvalue weighted by atomic mass is 10.1. The highest BCUT2D eigenvalue weighted by Crippen LogP contribution is 2.27. The van der Waals surface area contributed by atoms with Gasteiger partial charge in [0.05, 0.1) is 28.6 Å². The van der Waals surface area contributed by atoms with Crippen LogP contribution in [0.25, 0.3) is 0 Å². The van der Waals surface area contributed by atoms with E-state index < -0.39 is 0 Å². The van der Waals surface area contributed by atoms with Gasteiger partial charge in [-0.3, -0.25) is 4.79 Å². The molecule has 1 amide bonds. The Morgan fingerprint density at radius 3 is 2.62 bits per heavy atom. The lowest BCUT2D eigenvalue weighted by Gasteiger charge is -2.24. The number of para-hydroxylation sites is 2. The number of halogens is 2. The molecule has 0 radical (unpaired) electrons. The van der Waals surface area contributed by atoms with Gasteiger partial charge >= 0.3 is 0 Å². The van der Waals surface area contributed by atoms with Gasteiger partial charge in [-0.2, -0.15) is 0 Å². The number of aliphatic hydroxyl groups is 1. The molecule has 0 saturated heterocycles. The van der Waals surface area contributed by atoms with E-state index in [0.717, 1.165) is 4.47 Å². The molecule has 0 aliphatic carbocycles. The molecule has 0 heterocycles. The predicted molar refractivity (Wildman–Crippen MR) is 88.8 cm³/mol. The van der Waals surface area contributed by atoms with Crippen LogP contribution in [0.5, 0.6) is 0 Å². The van der Waals surface area contributed by atoms with E-state index in [1.165, 1.54) is 4.90 Å². The number of aliphatic hydroxyl groups excluding tert-OH is 1. The van der Waals surface area contributed by atoms with Crippen LogP contribution in [0.15, 0.2) is 46.9 Å². The van der Waals surface area contributed by atoms with Gasteiger partial charge < -0.3 is 15.7 Å². The van der Waals surface area contributed by atoms with E-state index in [-0.39, 0.29) is 19.1 Å². The maximum Gasteiger partial charge on any atom is 0.259 e. The van der Waals surface area contributed by atoms with E-state index in [1.807, 2.05) is 0 Å². The number of nitrogens with zero attached hydrogens (tertiary/aromatic N) is 1. The average molecular weight is 370 g/mol. The van der Waals surface area contributed by atoms with Crippen molar-refractivity contribution in [2.75, 3.05) is 23.8 Å². The van der Waals surface area contributed by atoms with Crippen LogP contribution in [0.3, 0.4) is 0 Å². The van der Waals surface area contributed by atoms with Gasteiger partial charge in [-0.1, -0.05) is 39.7 Å². The molecule has 0 unspecified atom stereocenters. The second-order valence-corrected chi connectivity index (χ2v) is 5.69. The summed E-state index contributed by atoms with van der Waals surface area (Å²) in [6, 6.07) is 12.0. The van der Waals surface area contributed by atoms with E-state index in [1.54, 1.807) is 42.5 Å². The summed E-state index contributed by atoms with van der Waals surface area (Å²) in [6.07, 6.45) is 0. The van der Waals surface area contributed by atoms with Crippen molar-refractivity contribution in [3.05, 3.63) is 57.5 Å². The highest BCUT2D eigenvalue weighted by molar-refractivity contribution is 9.10. The zero-order valence-corrected chi connectivity index (χ0v) is 13.4. The van der Waals surface area contributed by atoms with Crippen molar-refractivity contribution in [2.45, 2.75) is 0 Å². The third-order valence-corrected chi connectivity index (χ3v) is 3.76. The van der Waals surface area contributed by atoms with Gasteiger partial charge in [0.25, 0.3) is 5.91 Å². The highest BCUT2D eigenvalue weighted by Gasteiger charge is 2.21. The molecule has 6 heteroatoms. The van der Waals surface area contributed by atoms with Crippen molar-refractivity contribution < 1.29 is 9.90 Å². The van der Waals surface area contributed by atoms with Crippen LogP contribution in [-0.2, 0) is 0 Å². The Morgan fingerprint density at radius 1 is 1.29 bits per heavy atom. The van der Waals surface area contributed by atoms with Crippen molar-refractivity contribution in [3.63, 3.8) is 0 Å². The van der Waals surface area contributed by atoms with Gasteiger partial charge in [0.2, 0.25) is 0 Å². The Balaban J connectivity index is 2.43. The summed E-state index contributed by atoms with van der Waals surface area (Å²) in [7, 11) is 0. The molecule has 0 spiro atoms. The molecule has 0 saturated carbocycles. The predicted octanol–water partition coefficient (Wildman–Crippen LogP) is 3.32. The molecule has 0 aliphatic rings. The fraction of sp³-hybridized carbons (Fsp3) is 0.133. The summed E-state index contributed by atoms with van der Waals surface area (Å²) in [5.74, 6) is -0.306. The molecule has 2 aromatic rings. The van der Waals surface area contributed by atoms with Crippen LogP contribution in [0, 0.1) is 0 Å². The first-order valence-electron chi connectivity index (χ1n) is 6.27. The fourth-order valence-corrected chi connectivity index (χ4v) is 2.73. The van der Waals surface area contributed by atoms with Crippen LogP contribution in [-0.4, -0.2) is 24.2 Å². The second-order valence-electron chi connectivity index (χ2n) is 4.36. The van der Waals surface area contributed by atoms with Crippen molar-refractivity contribution >= 4 is 44.8 Å². The van der Waals surface area contributed by atoms with Crippen LogP contribution in [0.4, 0.5) is 11.4 Å². The van der Waals surface area contributed by atoms with Gasteiger partial charge in [-0.15, -0.1) is 0 Å². The Kier molecular flexibility index (Phi) is 5.22. The largest absolute Gasteiger partial charge is 0.397 e. The van der Waals surface area contributed by atoms with E-state index >= 15 is 0 Å². The Labute approximate surface area is 136 Å². The van der Waals surface area contributed by atoms with Crippen molar-refractivity contribution in [3.8, 4) is 0 Å². The molecule has 110 valence electrons. The summed E-state index contributed by atoms with van der Waals surface area (Å²) >= 11 is 9.42. The number of carbonyl (C=O) groups is 1. The highest BCUT2D eigenvalue weighted by atomic mass is 79.9. The minimum absolute atomic E-state index is 0.138. The van der Waals surface area contributed by atoms with Crippen molar-refractivity contribution in [1.29, 1.82) is 0 Å². The van der Waals surface area contributed by atoms with Gasteiger partial charge in [-0.05, 0) is 30.3 Å². The summed E-state index contributed by atoms with van der Waals surface area (Å²) in [5, 5.41) is 9.56. The fourth-order valence-electron chi connectivity index (χ4n) is 1.97. The lowest BCUT2D eigenvalue weighted by molar-refractivity contribution is 0.0981. The quantitative estimate of drug-likeness (QED) is 0.812. The number of amides is 1. The standard InChI is InChI=1S/C15H14BrClN2O2/c16-10-5-6-11(12(17)9-10)15(21)19(7-8-20)14-4-2-1-3-13(14)18/h1-6,9,20H,7-8,18H2. The molecule has 0 fully saturated rings. The summed E-state index contributed by atoms with van der Waals surface area (Å²) in [4.78, 5) is 14.1. The van der Waals surface area contributed by atoms with E-state index in [9.17, 15) is 9.90 Å². The monoisotopic (exact) mass is 368 g/mol. The van der Waals surface area contributed by atoms with Crippen molar-refractivity contribution in [2.24, 2.45) is 0 Å². The average Bonchev–Trinajstić information content (AvgIpc) is 2.45. The molecule has 0 atom stereocenters. The molecule has 2 aromatic carbocycles. The second kappa shape index (κ2) is 6.93. The van der Waals surface area contributed by atoms with E-state index in [0.29, 0.717) is 22.0 Å². The van der Waals surface area contributed by atoms with Gasteiger partial charge in [0, 0.05) is 11.0 Å². The third-order valence-electron chi connectivity index (χ3n) is 2.96. The topological polar surface area (TPSA) is 66.6 Å². The summed E-state index contributed by atoms with van der Waals surface area (Å²) in [6.45, 7) is -0.0341. The van der Waals surface area contributed by atoms with Gasteiger partial charge in [0.15, 0.2) is 0 Å². The Morgan fingerprint density at radius 2 is 2.00 bits per heavy atom. The number of rotatable bonds is 4. The molecular formula is C15H14BrClN2O2. The number of benzene rings is 2. The first kappa shape index (κ1) is 15.8. The van der Waals surface area contributed by atoms with Crippen LogP contribution in [0.2, 0.25) is 5.02 Å². The molecule has 21 heavy (non-hydrogen) atoms. The third kappa shape index (κ3) is 3.56.